The summed E-state index contributed by atoms with van der Waals surface area (Å²) in [4.78, 5) is 7.45. The van der Waals surface area contributed by atoms with Gasteiger partial charge in [0.15, 0.2) is 5.96 Å². The van der Waals surface area contributed by atoms with Gasteiger partial charge in [0.1, 0.15) is 17.9 Å². The third-order valence-electron chi connectivity index (χ3n) is 5.74. The fourth-order valence-electron chi connectivity index (χ4n) is 4.01. The maximum atomic E-state index is 5.78. The van der Waals surface area contributed by atoms with Crippen LogP contribution in [0.1, 0.15) is 57.2 Å². The van der Waals surface area contributed by atoms with E-state index in [2.05, 4.69) is 43.3 Å². The molecule has 0 amide bonds. The van der Waals surface area contributed by atoms with Crippen LogP contribution in [0.15, 0.2) is 34.1 Å². The summed E-state index contributed by atoms with van der Waals surface area (Å²) in [6.07, 6.45) is 9.13. The number of hydrogen-bond acceptors (Lipinski definition) is 6. The Morgan fingerprint density at radius 1 is 1.22 bits per heavy atom. The van der Waals surface area contributed by atoms with Gasteiger partial charge in [-0.2, -0.15) is 0 Å². The number of ether oxygens (including phenoxy) is 1. The van der Waals surface area contributed by atoms with E-state index in [9.17, 15) is 0 Å². The maximum Gasteiger partial charge on any atom is 0.191 e. The van der Waals surface area contributed by atoms with Crippen molar-refractivity contribution < 1.29 is 9.15 Å². The van der Waals surface area contributed by atoms with Crippen molar-refractivity contribution in [2.24, 2.45) is 4.99 Å². The van der Waals surface area contributed by atoms with Gasteiger partial charge in [0.05, 0.1) is 18.8 Å². The Hall–Kier alpha value is -2.39. The van der Waals surface area contributed by atoms with Crippen LogP contribution < -0.4 is 10.6 Å². The van der Waals surface area contributed by atoms with E-state index >= 15 is 0 Å². The van der Waals surface area contributed by atoms with E-state index in [-0.39, 0.29) is 6.04 Å². The van der Waals surface area contributed by atoms with E-state index in [0.717, 1.165) is 76.3 Å². The lowest BCUT2D eigenvalue weighted by Crippen LogP contribution is -2.41. The number of hydrogen-bond donors (Lipinski definition) is 2. The zero-order valence-electron chi connectivity index (χ0n) is 19.6. The molecule has 0 radical (unpaired) electrons. The van der Waals surface area contributed by atoms with Gasteiger partial charge < -0.3 is 24.4 Å². The minimum absolute atomic E-state index is 0.164. The fourth-order valence-corrected chi connectivity index (χ4v) is 4.01. The zero-order chi connectivity index (χ0) is 22.4. The van der Waals surface area contributed by atoms with Gasteiger partial charge in [-0.15, -0.1) is 10.2 Å². The van der Waals surface area contributed by atoms with Crippen LogP contribution in [-0.4, -0.2) is 71.6 Å². The average Bonchev–Trinajstić information content (AvgIpc) is 3.51. The van der Waals surface area contributed by atoms with Crippen molar-refractivity contribution in [3.05, 3.63) is 36.3 Å². The Morgan fingerprint density at radius 3 is 2.81 bits per heavy atom. The van der Waals surface area contributed by atoms with Gasteiger partial charge in [-0.1, -0.05) is 13.3 Å². The Labute approximate surface area is 191 Å². The lowest BCUT2D eigenvalue weighted by molar-refractivity contribution is 0.145. The van der Waals surface area contributed by atoms with Gasteiger partial charge in [0.2, 0.25) is 0 Å². The van der Waals surface area contributed by atoms with Crippen molar-refractivity contribution in [3.8, 4) is 0 Å². The summed E-state index contributed by atoms with van der Waals surface area (Å²) in [6.45, 7) is 10.8. The van der Waals surface area contributed by atoms with Crippen molar-refractivity contribution in [1.82, 2.24) is 30.3 Å². The Morgan fingerprint density at radius 2 is 2.06 bits per heavy atom. The molecule has 2 aromatic heterocycles. The molecule has 9 heteroatoms. The molecular weight excluding hydrogens is 406 g/mol. The second-order valence-electron chi connectivity index (χ2n) is 8.02. The first-order chi connectivity index (χ1) is 15.8. The molecule has 1 fully saturated rings. The molecular formula is C23H39N7O2. The predicted molar refractivity (Wildman–Crippen MR) is 126 cm³/mol. The van der Waals surface area contributed by atoms with E-state index in [1.54, 1.807) is 12.6 Å². The largest absolute Gasteiger partial charge is 0.468 e. The van der Waals surface area contributed by atoms with Crippen LogP contribution in [0.25, 0.3) is 0 Å². The fraction of sp³-hybridized carbons (Fsp3) is 0.696. The number of rotatable bonds is 13. The molecule has 1 saturated heterocycles. The highest BCUT2D eigenvalue weighted by molar-refractivity contribution is 5.79. The molecule has 1 atom stereocenters. The number of likely N-dealkylation sites (tertiary alicyclic amines) is 1. The predicted octanol–water partition coefficient (Wildman–Crippen LogP) is 2.62. The minimum Gasteiger partial charge on any atom is -0.468 e. The van der Waals surface area contributed by atoms with Crippen molar-refractivity contribution in [2.75, 3.05) is 45.9 Å². The van der Waals surface area contributed by atoms with Crippen LogP contribution in [0.4, 0.5) is 0 Å². The number of piperidine rings is 1. The normalized spacial score (nSPS) is 16.2. The van der Waals surface area contributed by atoms with Gasteiger partial charge in [-0.3, -0.25) is 9.89 Å². The van der Waals surface area contributed by atoms with Crippen LogP contribution in [0.2, 0.25) is 0 Å². The quantitative estimate of drug-likeness (QED) is 0.278. The Bertz CT molecular complexity index is 769. The molecule has 32 heavy (non-hydrogen) atoms. The molecule has 1 unspecified atom stereocenters. The molecule has 0 aliphatic carbocycles. The highest BCUT2D eigenvalue weighted by Crippen LogP contribution is 2.25. The van der Waals surface area contributed by atoms with Crippen molar-refractivity contribution in [3.63, 3.8) is 0 Å². The van der Waals surface area contributed by atoms with Crippen LogP contribution in [-0.2, 0) is 17.7 Å². The highest BCUT2D eigenvalue weighted by Gasteiger charge is 2.24. The number of guanidine groups is 1. The standard InChI is InChI=1S/C23H39N7O2/c1-3-22-28-27-19-30(22)15-12-25-23(24-11-9-16-31-4-2)26-18-20(21-10-8-17-32-21)29-13-6-5-7-14-29/h8,10,17,19-20H,3-7,9,11-16,18H2,1-2H3,(H2,24,25,26). The number of furan rings is 1. The van der Waals surface area contributed by atoms with E-state index in [1.807, 2.05) is 13.0 Å². The van der Waals surface area contributed by atoms with Crippen LogP contribution in [0, 0.1) is 0 Å². The summed E-state index contributed by atoms with van der Waals surface area (Å²) in [7, 11) is 0. The van der Waals surface area contributed by atoms with Gasteiger partial charge in [-0.25, -0.2) is 0 Å². The van der Waals surface area contributed by atoms with Crippen molar-refractivity contribution in [2.45, 2.75) is 58.5 Å². The van der Waals surface area contributed by atoms with E-state index < -0.39 is 0 Å². The molecule has 1 aliphatic heterocycles. The second kappa shape index (κ2) is 13.9. The monoisotopic (exact) mass is 445 g/mol. The molecule has 0 saturated carbocycles. The third-order valence-corrected chi connectivity index (χ3v) is 5.74. The topological polar surface area (TPSA) is 92.7 Å². The molecule has 3 rings (SSSR count). The van der Waals surface area contributed by atoms with E-state index in [0.29, 0.717) is 6.54 Å². The lowest BCUT2D eigenvalue weighted by atomic mass is 10.1. The molecule has 178 valence electrons. The molecule has 0 aromatic carbocycles. The first-order valence-corrected chi connectivity index (χ1v) is 12.1. The number of nitrogens with one attached hydrogen (secondary N) is 2. The summed E-state index contributed by atoms with van der Waals surface area (Å²) in [5, 5.41) is 15.1. The van der Waals surface area contributed by atoms with Crippen molar-refractivity contribution >= 4 is 5.96 Å². The summed E-state index contributed by atoms with van der Waals surface area (Å²) >= 11 is 0. The Kier molecular flexibility index (Phi) is 10.5. The van der Waals surface area contributed by atoms with Crippen LogP contribution in [0.3, 0.4) is 0 Å². The molecule has 3 heterocycles. The number of aromatic nitrogens is 3. The number of aryl methyl sites for hydroxylation is 1. The SMILES string of the molecule is CCOCCCNC(=NCC(c1ccco1)N1CCCCC1)NCCn1cnnc1CC. The summed E-state index contributed by atoms with van der Waals surface area (Å²) < 4.78 is 13.3. The molecule has 2 N–H and O–H groups in total. The molecule has 0 bridgehead atoms. The van der Waals surface area contributed by atoms with Crippen LogP contribution >= 0.6 is 0 Å². The summed E-state index contributed by atoms with van der Waals surface area (Å²) in [5.74, 6) is 2.81. The van der Waals surface area contributed by atoms with Gasteiger partial charge >= 0.3 is 0 Å². The smallest absolute Gasteiger partial charge is 0.191 e. The lowest BCUT2D eigenvalue weighted by Gasteiger charge is -2.32. The number of nitrogens with zero attached hydrogens (tertiary/aromatic N) is 5. The summed E-state index contributed by atoms with van der Waals surface area (Å²) in [6, 6.07) is 4.19. The first kappa shape index (κ1) is 24.3. The van der Waals surface area contributed by atoms with E-state index in [4.69, 9.17) is 14.1 Å². The van der Waals surface area contributed by atoms with Crippen LogP contribution in [0.5, 0.6) is 0 Å². The molecule has 0 spiro atoms. The molecule has 1 aliphatic rings. The Balaban J connectivity index is 1.61. The molecule has 9 nitrogen and oxygen atoms in total. The van der Waals surface area contributed by atoms with E-state index in [1.165, 1.54) is 19.3 Å². The summed E-state index contributed by atoms with van der Waals surface area (Å²) in [5.41, 5.74) is 0. The minimum atomic E-state index is 0.164. The third kappa shape index (κ3) is 7.63. The first-order valence-electron chi connectivity index (χ1n) is 12.1. The number of aliphatic imine (C=N–C) groups is 1. The van der Waals surface area contributed by atoms with Gasteiger partial charge in [-0.05, 0) is 51.4 Å². The average molecular weight is 446 g/mol. The molecule has 2 aromatic rings. The van der Waals surface area contributed by atoms with Gasteiger partial charge in [0, 0.05) is 39.3 Å². The second-order valence-corrected chi connectivity index (χ2v) is 8.02. The maximum absolute atomic E-state index is 5.78. The van der Waals surface area contributed by atoms with Crippen molar-refractivity contribution in [1.29, 1.82) is 0 Å². The highest BCUT2D eigenvalue weighted by atomic mass is 16.5. The van der Waals surface area contributed by atoms with Gasteiger partial charge in [0.25, 0.3) is 0 Å². The zero-order valence-corrected chi connectivity index (χ0v) is 19.6.